The molecule has 0 saturated carbocycles. The van der Waals surface area contributed by atoms with Gasteiger partial charge in [0.15, 0.2) is 9.84 Å². The Morgan fingerprint density at radius 2 is 2.05 bits per heavy atom. The van der Waals surface area contributed by atoms with Crippen molar-refractivity contribution < 1.29 is 8.42 Å². The van der Waals surface area contributed by atoms with Gasteiger partial charge in [-0.2, -0.15) is 0 Å². The quantitative estimate of drug-likeness (QED) is 0.860. The Balaban J connectivity index is 2.23. The van der Waals surface area contributed by atoms with E-state index in [1.54, 1.807) is 13.1 Å². The van der Waals surface area contributed by atoms with Crippen LogP contribution in [0.15, 0.2) is 6.07 Å². The predicted molar refractivity (Wildman–Crippen MR) is 76.3 cm³/mol. The van der Waals surface area contributed by atoms with E-state index in [1.807, 2.05) is 13.8 Å². The summed E-state index contributed by atoms with van der Waals surface area (Å²) in [6, 6.07) is 1.80. The summed E-state index contributed by atoms with van der Waals surface area (Å²) in [5, 5.41) is 6.24. The Morgan fingerprint density at radius 3 is 2.58 bits per heavy atom. The lowest BCUT2D eigenvalue weighted by Gasteiger charge is -2.25. The molecule has 19 heavy (non-hydrogen) atoms. The third-order valence-corrected chi connectivity index (χ3v) is 5.18. The fourth-order valence-corrected chi connectivity index (χ4v) is 4.36. The standard InChI is InChI=1S/C12H20N4O2S/c1-4-9-14-10(13-3)7-11(15-9)16-12(2)5-6-19(17,18)8-12/h7H,4-6,8H2,1-3H3,(H2,13,14,15,16). The Bertz CT molecular complexity index is 551. The van der Waals surface area contributed by atoms with E-state index in [-0.39, 0.29) is 11.5 Å². The summed E-state index contributed by atoms with van der Waals surface area (Å²) in [5.41, 5.74) is -0.441. The summed E-state index contributed by atoms with van der Waals surface area (Å²) in [6.07, 6.45) is 1.34. The molecule has 1 aromatic heterocycles. The van der Waals surface area contributed by atoms with Gasteiger partial charge in [-0.1, -0.05) is 6.92 Å². The van der Waals surface area contributed by atoms with Crippen LogP contribution in [0.3, 0.4) is 0 Å². The summed E-state index contributed by atoms with van der Waals surface area (Å²) >= 11 is 0. The Morgan fingerprint density at radius 1 is 1.37 bits per heavy atom. The zero-order valence-corrected chi connectivity index (χ0v) is 12.3. The van der Waals surface area contributed by atoms with Crippen LogP contribution in [-0.2, 0) is 16.3 Å². The highest BCUT2D eigenvalue weighted by atomic mass is 32.2. The van der Waals surface area contributed by atoms with Crippen LogP contribution in [0, 0.1) is 0 Å². The zero-order valence-electron chi connectivity index (χ0n) is 11.5. The van der Waals surface area contributed by atoms with E-state index in [0.717, 1.165) is 18.1 Å². The monoisotopic (exact) mass is 284 g/mol. The van der Waals surface area contributed by atoms with Gasteiger partial charge in [0.25, 0.3) is 0 Å². The summed E-state index contributed by atoms with van der Waals surface area (Å²) in [4.78, 5) is 8.72. The normalized spacial score (nSPS) is 25.2. The van der Waals surface area contributed by atoms with Crippen molar-refractivity contribution in [1.82, 2.24) is 9.97 Å². The fourth-order valence-electron chi connectivity index (χ4n) is 2.27. The number of nitrogens with zero attached hydrogens (tertiary/aromatic N) is 2. The molecule has 0 radical (unpaired) electrons. The fraction of sp³-hybridized carbons (Fsp3) is 0.667. The van der Waals surface area contributed by atoms with Crippen molar-refractivity contribution in [3.05, 3.63) is 11.9 Å². The van der Waals surface area contributed by atoms with E-state index < -0.39 is 15.4 Å². The number of hydrogen-bond donors (Lipinski definition) is 2. The highest BCUT2D eigenvalue weighted by Gasteiger charge is 2.38. The van der Waals surface area contributed by atoms with E-state index in [9.17, 15) is 8.42 Å². The largest absolute Gasteiger partial charge is 0.373 e. The van der Waals surface area contributed by atoms with Gasteiger partial charge >= 0.3 is 0 Å². The topological polar surface area (TPSA) is 84.0 Å². The number of sulfone groups is 1. The van der Waals surface area contributed by atoms with Crippen molar-refractivity contribution >= 4 is 21.5 Å². The molecule has 1 fully saturated rings. The molecule has 1 atom stereocenters. The first-order valence-corrected chi connectivity index (χ1v) is 8.22. The van der Waals surface area contributed by atoms with Crippen molar-refractivity contribution in [2.24, 2.45) is 0 Å². The second-order valence-corrected chi connectivity index (χ2v) is 7.37. The summed E-state index contributed by atoms with van der Waals surface area (Å²) in [5.74, 6) is 2.54. The Labute approximate surface area is 114 Å². The zero-order chi connectivity index (χ0) is 14.1. The van der Waals surface area contributed by atoms with Crippen LogP contribution in [0.25, 0.3) is 0 Å². The van der Waals surface area contributed by atoms with E-state index in [0.29, 0.717) is 12.2 Å². The lowest BCUT2D eigenvalue weighted by Crippen LogP contribution is -2.36. The summed E-state index contributed by atoms with van der Waals surface area (Å²) in [7, 11) is -1.13. The second-order valence-electron chi connectivity index (χ2n) is 5.19. The third kappa shape index (κ3) is 3.34. The van der Waals surface area contributed by atoms with Crippen LogP contribution in [0.2, 0.25) is 0 Å². The number of nitrogens with one attached hydrogen (secondary N) is 2. The molecule has 0 bridgehead atoms. The average Bonchev–Trinajstić information content (AvgIpc) is 2.62. The third-order valence-electron chi connectivity index (χ3n) is 3.28. The molecular formula is C12H20N4O2S. The van der Waals surface area contributed by atoms with Gasteiger partial charge in [0, 0.05) is 19.5 Å². The summed E-state index contributed by atoms with van der Waals surface area (Å²) < 4.78 is 23.2. The predicted octanol–water partition coefficient (Wildman–Crippen LogP) is 1.07. The molecule has 0 aromatic carbocycles. The number of anilines is 2. The molecule has 0 amide bonds. The molecule has 1 aromatic rings. The molecule has 1 aliphatic rings. The second kappa shape index (κ2) is 4.96. The van der Waals surface area contributed by atoms with Crippen molar-refractivity contribution in [3.8, 4) is 0 Å². The van der Waals surface area contributed by atoms with Crippen molar-refractivity contribution in [3.63, 3.8) is 0 Å². The lowest BCUT2D eigenvalue weighted by molar-refractivity contribution is 0.571. The van der Waals surface area contributed by atoms with Gasteiger partial charge in [0.05, 0.1) is 17.0 Å². The van der Waals surface area contributed by atoms with Gasteiger partial charge in [0.1, 0.15) is 17.5 Å². The molecule has 2 N–H and O–H groups in total. The van der Waals surface area contributed by atoms with Crippen LogP contribution < -0.4 is 10.6 Å². The maximum absolute atomic E-state index is 11.6. The number of aryl methyl sites for hydroxylation is 1. The lowest BCUT2D eigenvalue weighted by atomic mass is 10.0. The molecule has 2 heterocycles. The van der Waals surface area contributed by atoms with Gasteiger partial charge in [-0.15, -0.1) is 0 Å². The van der Waals surface area contributed by atoms with Crippen LogP contribution in [0.5, 0.6) is 0 Å². The average molecular weight is 284 g/mol. The molecule has 2 rings (SSSR count). The minimum absolute atomic E-state index is 0.153. The van der Waals surface area contributed by atoms with E-state index in [2.05, 4.69) is 20.6 Å². The van der Waals surface area contributed by atoms with E-state index in [4.69, 9.17) is 0 Å². The number of hydrogen-bond acceptors (Lipinski definition) is 6. The minimum atomic E-state index is -2.93. The Kier molecular flexibility index (Phi) is 3.66. The first-order valence-electron chi connectivity index (χ1n) is 6.40. The van der Waals surface area contributed by atoms with Gasteiger partial charge in [-0.25, -0.2) is 18.4 Å². The van der Waals surface area contributed by atoms with Crippen LogP contribution >= 0.6 is 0 Å². The van der Waals surface area contributed by atoms with Crippen LogP contribution in [0.1, 0.15) is 26.1 Å². The van der Waals surface area contributed by atoms with Crippen molar-refractivity contribution in [1.29, 1.82) is 0 Å². The van der Waals surface area contributed by atoms with E-state index in [1.165, 1.54) is 0 Å². The molecule has 6 nitrogen and oxygen atoms in total. The highest BCUT2D eigenvalue weighted by molar-refractivity contribution is 7.91. The molecule has 1 aliphatic heterocycles. The summed E-state index contributed by atoms with van der Waals surface area (Å²) in [6.45, 7) is 3.91. The maximum atomic E-state index is 11.6. The molecular weight excluding hydrogens is 264 g/mol. The number of aromatic nitrogens is 2. The molecule has 0 aliphatic carbocycles. The van der Waals surface area contributed by atoms with E-state index >= 15 is 0 Å². The first kappa shape index (κ1) is 14.0. The Hall–Kier alpha value is -1.37. The maximum Gasteiger partial charge on any atom is 0.152 e. The molecule has 0 spiro atoms. The molecule has 7 heteroatoms. The SMILES string of the molecule is CCc1nc(NC)cc(NC2(C)CCS(=O)(=O)C2)n1. The first-order chi connectivity index (χ1) is 8.86. The van der Waals surface area contributed by atoms with Crippen molar-refractivity contribution in [2.75, 3.05) is 29.2 Å². The van der Waals surface area contributed by atoms with Crippen LogP contribution in [0.4, 0.5) is 11.6 Å². The molecule has 106 valence electrons. The smallest absolute Gasteiger partial charge is 0.152 e. The minimum Gasteiger partial charge on any atom is -0.373 e. The number of rotatable bonds is 4. The molecule has 1 saturated heterocycles. The van der Waals surface area contributed by atoms with Gasteiger partial charge in [0.2, 0.25) is 0 Å². The van der Waals surface area contributed by atoms with Gasteiger partial charge in [-0.05, 0) is 13.3 Å². The van der Waals surface area contributed by atoms with Crippen molar-refractivity contribution in [2.45, 2.75) is 32.2 Å². The highest BCUT2D eigenvalue weighted by Crippen LogP contribution is 2.27. The van der Waals surface area contributed by atoms with Gasteiger partial charge in [-0.3, -0.25) is 0 Å². The van der Waals surface area contributed by atoms with Crippen LogP contribution in [-0.4, -0.2) is 42.5 Å². The molecule has 1 unspecified atom stereocenters. The van der Waals surface area contributed by atoms with Gasteiger partial charge < -0.3 is 10.6 Å².